The molecule has 0 amide bonds. The van der Waals surface area contributed by atoms with Gasteiger partial charge in [-0.25, -0.2) is 0 Å². The maximum atomic E-state index is 11.4. The van der Waals surface area contributed by atoms with Gasteiger partial charge in [-0.3, -0.25) is 5.11 Å². The summed E-state index contributed by atoms with van der Waals surface area (Å²) in [5.41, 5.74) is 0. The number of rotatable bonds is 2. The molecule has 0 unspecified atom stereocenters. The lowest BCUT2D eigenvalue weighted by molar-refractivity contribution is 0.334. The van der Waals surface area contributed by atoms with Crippen LogP contribution in [0.2, 0.25) is 0 Å². The van der Waals surface area contributed by atoms with Crippen molar-refractivity contribution in [3.63, 3.8) is 0 Å². The van der Waals surface area contributed by atoms with Crippen molar-refractivity contribution in [2.24, 2.45) is 0 Å². The van der Waals surface area contributed by atoms with Crippen LogP contribution in [0.25, 0.3) is 0 Å². The number of thioether (sulfide) groups is 2. The van der Waals surface area contributed by atoms with Crippen molar-refractivity contribution in [3.8, 4) is 5.75 Å². The van der Waals surface area contributed by atoms with Gasteiger partial charge >= 0.3 is 0 Å². The fourth-order valence-corrected chi connectivity index (χ4v) is 1.90. The van der Waals surface area contributed by atoms with Crippen molar-refractivity contribution in [1.29, 1.82) is 0 Å². The molecular weight excluding hydrogens is 176 g/mol. The Hall–Kier alpha value is -0.280. The number of benzene rings is 1. The smallest absolute Gasteiger partial charge is 0.205 e. The van der Waals surface area contributed by atoms with Crippen LogP contribution in [0.1, 0.15) is 0 Å². The molecule has 59 valence electrons. The molecule has 0 aliphatic rings. The lowest BCUT2D eigenvalue weighted by atomic mass is 10.3. The van der Waals surface area contributed by atoms with Gasteiger partial charge in [-0.2, -0.15) is 0 Å². The first kappa shape index (κ1) is 8.81. The van der Waals surface area contributed by atoms with E-state index in [-0.39, 0.29) is 5.75 Å². The van der Waals surface area contributed by atoms with Gasteiger partial charge in [0, 0.05) is 0 Å². The van der Waals surface area contributed by atoms with E-state index in [1.165, 1.54) is 23.5 Å². The van der Waals surface area contributed by atoms with Crippen LogP contribution in [0.15, 0.2) is 28.0 Å². The molecule has 0 atom stereocenters. The summed E-state index contributed by atoms with van der Waals surface area (Å²) < 4.78 is 0. The summed E-state index contributed by atoms with van der Waals surface area (Å²) in [6.45, 7) is 0. The van der Waals surface area contributed by atoms with Crippen LogP contribution in [0, 0.1) is 0 Å². The summed E-state index contributed by atoms with van der Waals surface area (Å²) in [5, 5.41) is 11.4. The van der Waals surface area contributed by atoms with E-state index in [0.29, 0.717) is 0 Å². The summed E-state index contributed by atoms with van der Waals surface area (Å²) in [6.07, 6.45) is 3.84. The van der Waals surface area contributed by atoms with E-state index < -0.39 is 0 Å². The third-order valence-corrected chi connectivity index (χ3v) is 2.91. The molecular formula is C8H9OS2. The highest BCUT2D eigenvalue weighted by Gasteiger charge is 2.05. The Morgan fingerprint density at radius 3 is 1.91 bits per heavy atom. The molecule has 0 aromatic heterocycles. The Morgan fingerprint density at radius 2 is 1.55 bits per heavy atom. The predicted octanol–water partition coefficient (Wildman–Crippen LogP) is 3.27. The van der Waals surface area contributed by atoms with Gasteiger partial charge in [-0.1, -0.05) is 6.07 Å². The van der Waals surface area contributed by atoms with Crippen molar-refractivity contribution in [2.75, 3.05) is 12.5 Å². The molecule has 1 rings (SSSR count). The van der Waals surface area contributed by atoms with Crippen molar-refractivity contribution in [1.82, 2.24) is 0 Å². The Kier molecular flexibility index (Phi) is 3.15. The van der Waals surface area contributed by atoms with Crippen LogP contribution in [0.5, 0.6) is 5.75 Å². The monoisotopic (exact) mass is 185 g/mol. The molecule has 0 fully saturated rings. The van der Waals surface area contributed by atoms with Crippen LogP contribution < -0.4 is 0 Å². The number of para-hydroxylation sites is 1. The highest BCUT2D eigenvalue weighted by atomic mass is 32.2. The molecule has 0 spiro atoms. The topological polar surface area (TPSA) is 19.9 Å². The summed E-state index contributed by atoms with van der Waals surface area (Å²) >= 11 is 3.00. The Labute approximate surface area is 75.2 Å². The number of hydrogen-bond donors (Lipinski definition) is 0. The molecule has 0 bridgehead atoms. The standard InChI is InChI=1S/C8H9OS2/c1-10-6-4-3-5-7(11-2)8(6)9/h3-5H,1-2H3. The van der Waals surface area contributed by atoms with Gasteiger partial charge in [0.2, 0.25) is 5.75 Å². The van der Waals surface area contributed by atoms with Crippen LogP contribution >= 0.6 is 23.5 Å². The molecule has 0 N–H and O–H groups in total. The second kappa shape index (κ2) is 3.93. The maximum absolute atomic E-state index is 11.4. The van der Waals surface area contributed by atoms with E-state index in [0.717, 1.165) is 9.79 Å². The minimum absolute atomic E-state index is 0.160. The van der Waals surface area contributed by atoms with Gasteiger partial charge in [0.05, 0.1) is 9.79 Å². The second-order valence-corrected chi connectivity index (χ2v) is 3.69. The summed E-state index contributed by atoms with van der Waals surface area (Å²) in [4.78, 5) is 1.66. The fraction of sp³-hybridized carbons (Fsp3) is 0.250. The van der Waals surface area contributed by atoms with E-state index >= 15 is 0 Å². The van der Waals surface area contributed by atoms with Crippen molar-refractivity contribution < 1.29 is 5.11 Å². The molecule has 0 heterocycles. The van der Waals surface area contributed by atoms with Gasteiger partial charge in [-0.15, -0.1) is 23.5 Å². The largest absolute Gasteiger partial charge is 0.287 e. The molecule has 1 nitrogen and oxygen atoms in total. The van der Waals surface area contributed by atoms with Gasteiger partial charge < -0.3 is 0 Å². The normalized spacial score (nSPS) is 10.0. The van der Waals surface area contributed by atoms with E-state index in [1.807, 2.05) is 30.7 Å². The van der Waals surface area contributed by atoms with Gasteiger partial charge in [0.1, 0.15) is 0 Å². The molecule has 11 heavy (non-hydrogen) atoms. The quantitative estimate of drug-likeness (QED) is 0.659. The van der Waals surface area contributed by atoms with Crippen LogP contribution in [-0.4, -0.2) is 12.5 Å². The maximum Gasteiger partial charge on any atom is 0.205 e. The van der Waals surface area contributed by atoms with Gasteiger partial charge in [-0.05, 0) is 24.6 Å². The highest BCUT2D eigenvalue weighted by Crippen LogP contribution is 2.35. The predicted molar refractivity (Wildman–Crippen MR) is 50.1 cm³/mol. The van der Waals surface area contributed by atoms with Crippen LogP contribution in [-0.2, 0) is 5.11 Å². The lowest BCUT2D eigenvalue weighted by Crippen LogP contribution is -1.74. The third kappa shape index (κ3) is 1.84. The van der Waals surface area contributed by atoms with Crippen molar-refractivity contribution >= 4 is 23.5 Å². The average Bonchev–Trinajstić information content (AvgIpc) is 2.05. The molecule has 0 saturated heterocycles. The number of hydrogen-bond acceptors (Lipinski definition) is 2. The molecule has 0 aliphatic carbocycles. The molecule has 1 radical (unpaired) electrons. The summed E-state index contributed by atoms with van der Waals surface area (Å²) in [7, 11) is 0. The Bertz CT molecular complexity index is 226. The summed E-state index contributed by atoms with van der Waals surface area (Å²) in [5.74, 6) is 0.160. The highest BCUT2D eigenvalue weighted by molar-refractivity contribution is 7.99. The first-order valence-corrected chi connectivity index (χ1v) is 5.62. The SMILES string of the molecule is CSc1cccc(SC)c1[O]. The lowest BCUT2D eigenvalue weighted by Gasteiger charge is -2.01. The van der Waals surface area contributed by atoms with E-state index in [9.17, 15) is 5.11 Å². The molecule has 3 heteroatoms. The van der Waals surface area contributed by atoms with E-state index in [2.05, 4.69) is 0 Å². The molecule has 0 saturated carbocycles. The zero-order valence-corrected chi connectivity index (χ0v) is 8.09. The van der Waals surface area contributed by atoms with E-state index in [1.54, 1.807) is 0 Å². The Balaban J connectivity index is 3.10. The zero-order valence-electron chi connectivity index (χ0n) is 6.46. The van der Waals surface area contributed by atoms with E-state index in [4.69, 9.17) is 0 Å². The minimum Gasteiger partial charge on any atom is -0.287 e. The summed E-state index contributed by atoms with van der Waals surface area (Å²) in [6, 6.07) is 5.62. The van der Waals surface area contributed by atoms with Gasteiger partial charge in [0.25, 0.3) is 0 Å². The van der Waals surface area contributed by atoms with Gasteiger partial charge in [0.15, 0.2) is 0 Å². The molecule has 0 aliphatic heterocycles. The Morgan fingerprint density at radius 1 is 1.09 bits per heavy atom. The molecule has 1 aromatic rings. The van der Waals surface area contributed by atoms with Crippen LogP contribution in [0.4, 0.5) is 0 Å². The third-order valence-electron chi connectivity index (χ3n) is 1.38. The molecule has 1 aromatic carbocycles. The van der Waals surface area contributed by atoms with Crippen LogP contribution in [0.3, 0.4) is 0 Å². The zero-order chi connectivity index (χ0) is 8.27. The van der Waals surface area contributed by atoms with Crippen molar-refractivity contribution in [3.05, 3.63) is 18.2 Å². The first-order chi connectivity index (χ1) is 5.29. The second-order valence-electron chi connectivity index (χ2n) is 1.99. The minimum atomic E-state index is 0.160. The first-order valence-electron chi connectivity index (χ1n) is 3.17. The fourth-order valence-electron chi connectivity index (χ4n) is 0.817. The average molecular weight is 185 g/mol. The van der Waals surface area contributed by atoms with Crippen molar-refractivity contribution in [2.45, 2.75) is 9.79 Å².